The summed E-state index contributed by atoms with van der Waals surface area (Å²) in [7, 11) is 0. The first-order valence-electron chi connectivity index (χ1n) is 7.79. The number of benzene rings is 1. The second-order valence-corrected chi connectivity index (χ2v) is 5.71. The lowest BCUT2D eigenvalue weighted by Crippen LogP contribution is -2.22. The Balaban J connectivity index is 2.14. The van der Waals surface area contributed by atoms with Gasteiger partial charge in [-0.2, -0.15) is 4.99 Å². The monoisotopic (exact) mass is 313 g/mol. The minimum atomic E-state index is -0.226. The molecule has 0 radical (unpaired) electrons. The number of aliphatic imine (C=N–C) groups is 1. The molecule has 0 fully saturated rings. The first-order valence-corrected chi connectivity index (χ1v) is 7.79. The van der Waals surface area contributed by atoms with E-state index in [4.69, 9.17) is 5.73 Å². The van der Waals surface area contributed by atoms with Crippen LogP contribution in [0.3, 0.4) is 0 Å². The fraction of sp³-hybridized carbons (Fsp3) is 0.353. The first-order chi connectivity index (χ1) is 11.0. The minimum Gasteiger partial charge on any atom is -0.369 e. The molecule has 0 saturated carbocycles. The molecule has 6 nitrogen and oxygen atoms in total. The summed E-state index contributed by atoms with van der Waals surface area (Å²) in [4.78, 5) is 22.6. The highest BCUT2D eigenvalue weighted by atomic mass is 16.1. The van der Waals surface area contributed by atoms with E-state index in [1.54, 1.807) is 0 Å². The lowest BCUT2D eigenvalue weighted by Gasteiger charge is -2.08. The number of aromatic amines is 1. The second kappa shape index (κ2) is 7.58. The van der Waals surface area contributed by atoms with Gasteiger partial charge in [-0.15, -0.1) is 0 Å². The van der Waals surface area contributed by atoms with Crippen molar-refractivity contribution in [2.24, 2.45) is 10.7 Å². The highest BCUT2D eigenvalue weighted by Crippen LogP contribution is 2.17. The molecule has 2 aromatic rings. The Morgan fingerprint density at radius 1 is 1.35 bits per heavy atom. The quantitative estimate of drug-likeness (QED) is 0.584. The van der Waals surface area contributed by atoms with Crippen molar-refractivity contribution >= 4 is 17.6 Å². The van der Waals surface area contributed by atoms with Gasteiger partial charge in [0.05, 0.1) is 0 Å². The van der Waals surface area contributed by atoms with Gasteiger partial charge in [0.15, 0.2) is 0 Å². The van der Waals surface area contributed by atoms with Crippen molar-refractivity contribution in [1.82, 2.24) is 9.97 Å². The van der Waals surface area contributed by atoms with Crippen molar-refractivity contribution in [3.05, 3.63) is 51.9 Å². The zero-order chi connectivity index (χ0) is 16.8. The van der Waals surface area contributed by atoms with E-state index in [-0.39, 0.29) is 17.5 Å². The lowest BCUT2D eigenvalue weighted by molar-refractivity contribution is 0.866. The molecule has 0 aliphatic carbocycles. The van der Waals surface area contributed by atoms with Crippen LogP contribution in [0.25, 0.3) is 0 Å². The van der Waals surface area contributed by atoms with E-state index in [0.717, 1.165) is 18.5 Å². The van der Waals surface area contributed by atoms with Gasteiger partial charge < -0.3 is 11.1 Å². The largest absolute Gasteiger partial charge is 0.369 e. The van der Waals surface area contributed by atoms with Crippen molar-refractivity contribution < 1.29 is 0 Å². The third-order valence-electron chi connectivity index (χ3n) is 3.36. The molecular weight excluding hydrogens is 290 g/mol. The Kier molecular flexibility index (Phi) is 5.51. The van der Waals surface area contributed by atoms with Crippen molar-refractivity contribution in [3.63, 3.8) is 0 Å². The highest BCUT2D eigenvalue weighted by Gasteiger charge is 2.03. The van der Waals surface area contributed by atoms with Gasteiger partial charge >= 0.3 is 0 Å². The van der Waals surface area contributed by atoms with E-state index in [9.17, 15) is 4.79 Å². The lowest BCUT2D eigenvalue weighted by atomic mass is 10.0. The van der Waals surface area contributed by atoms with E-state index in [1.807, 2.05) is 31.2 Å². The third-order valence-corrected chi connectivity index (χ3v) is 3.36. The molecule has 0 unspecified atom stereocenters. The van der Waals surface area contributed by atoms with Gasteiger partial charge in [-0.25, -0.2) is 4.98 Å². The molecular formula is C17H23N5O. The molecule has 1 heterocycles. The topological polar surface area (TPSA) is 96.2 Å². The van der Waals surface area contributed by atoms with Crippen molar-refractivity contribution in [1.29, 1.82) is 0 Å². The second-order valence-electron chi connectivity index (χ2n) is 5.71. The van der Waals surface area contributed by atoms with Gasteiger partial charge in [-0.3, -0.25) is 9.78 Å². The smallest absolute Gasteiger partial charge is 0.252 e. The molecule has 0 amide bonds. The summed E-state index contributed by atoms with van der Waals surface area (Å²) in [5, 5.41) is 2.99. The molecule has 122 valence electrons. The van der Waals surface area contributed by atoms with Crippen molar-refractivity contribution in [3.8, 4) is 0 Å². The van der Waals surface area contributed by atoms with Crippen molar-refractivity contribution in [2.75, 3.05) is 5.32 Å². The van der Waals surface area contributed by atoms with E-state index >= 15 is 0 Å². The summed E-state index contributed by atoms with van der Waals surface area (Å²) in [5.41, 5.74) is 8.46. The highest BCUT2D eigenvalue weighted by molar-refractivity contribution is 5.93. The van der Waals surface area contributed by atoms with Crippen LogP contribution in [0.2, 0.25) is 0 Å². The average Bonchev–Trinajstić information content (AvgIpc) is 2.47. The predicted molar refractivity (Wildman–Crippen MR) is 94.3 cm³/mol. The first kappa shape index (κ1) is 16.7. The molecule has 2 rings (SSSR count). The molecule has 0 aliphatic rings. The van der Waals surface area contributed by atoms with Crippen LogP contribution in [0.1, 0.15) is 44.4 Å². The number of hydrogen-bond donors (Lipinski definition) is 3. The number of guanidine groups is 1. The number of aromatic nitrogens is 2. The molecule has 1 aromatic heterocycles. The summed E-state index contributed by atoms with van der Waals surface area (Å²) in [6.07, 6.45) is 1.64. The normalized spacial score (nSPS) is 11.7. The molecule has 1 aromatic carbocycles. The maximum Gasteiger partial charge on any atom is 0.252 e. The number of nitrogens with zero attached hydrogens (tertiary/aromatic N) is 2. The maximum atomic E-state index is 11.6. The van der Waals surface area contributed by atoms with E-state index in [2.05, 4.69) is 34.1 Å². The molecule has 0 aliphatic heterocycles. The number of rotatable bonds is 5. The van der Waals surface area contributed by atoms with Crippen LogP contribution in [0.15, 0.2) is 40.1 Å². The Morgan fingerprint density at radius 3 is 2.65 bits per heavy atom. The molecule has 6 heteroatoms. The number of aryl methyl sites for hydroxylation is 1. The van der Waals surface area contributed by atoms with Crippen LogP contribution >= 0.6 is 0 Å². The van der Waals surface area contributed by atoms with Gasteiger partial charge in [0.1, 0.15) is 0 Å². The summed E-state index contributed by atoms with van der Waals surface area (Å²) in [6.45, 7) is 6.32. The SMILES string of the molecule is CCCc1cc(=O)[nH]c(/N=C(/N)Nc2ccc(C(C)C)cc2)n1. The van der Waals surface area contributed by atoms with Crippen LogP contribution in [0.4, 0.5) is 11.6 Å². The third kappa shape index (κ3) is 4.95. The predicted octanol–water partition coefficient (Wildman–Crippen LogP) is 2.90. The number of hydrogen-bond acceptors (Lipinski definition) is 3. The number of anilines is 1. The van der Waals surface area contributed by atoms with Gasteiger partial charge in [-0.05, 0) is 30.0 Å². The summed E-state index contributed by atoms with van der Waals surface area (Å²) in [6, 6.07) is 9.46. The minimum absolute atomic E-state index is 0.180. The van der Waals surface area contributed by atoms with Gasteiger partial charge in [0, 0.05) is 17.4 Å². The van der Waals surface area contributed by atoms with Gasteiger partial charge in [0.25, 0.3) is 5.56 Å². The average molecular weight is 313 g/mol. The van der Waals surface area contributed by atoms with Crippen LogP contribution < -0.4 is 16.6 Å². The summed E-state index contributed by atoms with van der Waals surface area (Å²) in [5.74, 6) is 0.870. The molecule has 4 N–H and O–H groups in total. The zero-order valence-corrected chi connectivity index (χ0v) is 13.8. The maximum absolute atomic E-state index is 11.6. The van der Waals surface area contributed by atoms with E-state index < -0.39 is 0 Å². The Bertz CT molecular complexity index is 731. The molecule has 0 atom stereocenters. The fourth-order valence-corrected chi connectivity index (χ4v) is 2.17. The Hall–Kier alpha value is -2.63. The fourth-order valence-electron chi connectivity index (χ4n) is 2.17. The standard InChI is InChI=1S/C17H23N5O/c1-4-5-14-10-15(23)21-17(20-14)22-16(18)19-13-8-6-12(7-9-13)11(2)3/h6-11H,4-5H2,1-3H3,(H4,18,19,20,21,22,23). The zero-order valence-electron chi connectivity index (χ0n) is 13.8. The van der Waals surface area contributed by atoms with E-state index in [0.29, 0.717) is 11.6 Å². The molecule has 0 bridgehead atoms. The Morgan fingerprint density at radius 2 is 2.04 bits per heavy atom. The summed E-state index contributed by atoms with van der Waals surface area (Å²) < 4.78 is 0. The van der Waals surface area contributed by atoms with E-state index in [1.165, 1.54) is 11.6 Å². The summed E-state index contributed by atoms with van der Waals surface area (Å²) >= 11 is 0. The molecule has 23 heavy (non-hydrogen) atoms. The van der Waals surface area contributed by atoms with Crippen LogP contribution in [0.5, 0.6) is 0 Å². The van der Waals surface area contributed by atoms with Crippen molar-refractivity contribution in [2.45, 2.75) is 39.5 Å². The number of nitrogens with two attached hydrogens (primary N) is 1. The van der Waals surface area contributed by atoms with Gasteiger partial charge in [-0.1, -0.05) is 39.3 Å². The van der Waals surface area contributed by atoms with Crippen LogP contribution in [0, 0.1) is 0 Å². The molecule has 0 spiro atoms. The number of nitrogens with one attached hydrogen (secondary N) is 2. The van der Waals surface area contributed by atoms with Gasteiger partial charge in [0.2, 0.25) is 11.9 Å². The number of H-pyrrole nitrogens is 1. The van der Waals surface area contributed by atoms with Crippen LogP contribution in [-0.2, 0) is 6.42 Å². The molecule has 0 saturated heterocycles. The van der Waals surface area contributed by atoms with Crippen LogP contribution in [-0.4, -0.2) is 15.9 Å². The Labute approximate surface area is 135 Å².